The van der Waals surface area contributed by atoms with Crippen LogP contribution in [0.5, 0.6) is 0 Å². The Morgan fingerprint density at radius 3 is 2.78 bits per heavy atom. The van der Waals surface area contributed by atoms with Crippen LogP contribution in [0.2, 0.25) is 0 Å². The van der Waals surface area contributed by atoms with Gasteiger partial charge in [0.1, 0.15) is 0 Å². The van der Waals surface area contributed by atoms with E-state index in [1.807, 2.05) is 18.2 Å². The molecule has 0 radical (unpaired) electrons. The second kappa shape index (κ2) is 7.79. The lowest BCUT2D eigenvalue weighted by Gasteiger charge is -2.26. The van der Waals surface area contributed by atoms with Crippen LogP contribution in [0.4, 0.5) is 4.79 Å². The minimum atomic E-state index is -3.35. The Balaban J connectivity index is 1.82. The van der Waals surface area contributed by atoms with Gasteiger partial charge in [-0.2, -0.15) is 0 Å². The van der Waals surface area contributed by atoms with E-state index in [9.17, 15) is 13.2 Å². The Bertz CT molecular complexity index is 644. The molecule has 128 valence electrons. The van der Waals surface area contributed by atoms with Crippen LogP contribution in [0.1, 0.15) is 43.9 Å². The van der Waals surface area contributed by atoms with Crippen LogP contribution in [0, 0.1) is 0 Å². The third-order valence-electron chi connectivity index (χ3n) is 3.75. The summed E-state index contributed by atoms with van der Waals surface area (Å²) in [6.45, 7) is 3.61. The SMILES string of the molecule is CC(C)NS(=O)(=O)CCNC(=O)N[C@H]1CCCc2ccccc21. The number of carbonyl (C=O) groups is 1. The fourth-order valence-electron chi connectivity index (χ4n) is 2.83. The van der Waals surface area contributed by atoms with Gasteiger partial charge in [-0.05, 0) is 44.2 Å². The van der Waals surface area contributed by atoms with Gasteiger partial charge in [-0.1, -0.05) is 24.3 Å². The largest absolute Gasteiger partial charge is 0.337 e. The van der Waals surface area contributed by atoms with Crippen molar-refractivity contribution in [3.8, 4) is 0 Å². The van der Waals surface area contributed by atoms with Gasteiger partial charge in [0, 0.05) is 12.6 Å². The van der Waals surface area contributed by atoms with E-state index in [2.05, 4.69) is 21.4 Å². The van der Waals surface area contributed by atoms with Gasteiger partial charge in [-0.25, -0.2) is 17.9 Å². The molecule has 3 N–H and O–H groups in total. The summed E-state index contributed by atoms with van der Waals surface area (Å²) in [5.41, 5.74) is 2.43. The highest BCUT2D eigenvalue weighted by molar-refractivity contribution is 7.89. The highest BCUT2D eigenvalue weighted by Crippen LogP contribution is 2.29. The van der Waals surface area contributed by atoms with Crippen LogP contribution < -0.4 is 15.4 Å². The zero-order chi connectivity index (χ0) is 16.9. The summed E-state index contributed by atoms with van der Waals surface area (Å²) in [6, 6.07) is 7.63. The molecule has 2 amide bonds. The summed E-state index contributed by atoms with van der Waals surface area (Å²) in [5.74, 6) is -0.125. The van der Waals surface area contributed by atoms with E-state index in [0.717, 1.165) is 24.8 Å². The molecule has 1 aromatic carbocycles. The molecular formula is C16H25N3O3S. The molecule has 2 rings (SSSR count). The van der Waals surface area contributed by atoms with Crippen molar-refractivity contribution in [1.82, 2.24) is 15.4 Å². The molecule has 0 saturated heterocycles. The molecule has 0 unspecified atom stereocenters. The molecule has 1 aromatic rings. The Kier molecular flexibility index (Phi) is 6.01. The first-order valence-electron chi connectivity index (χ1n) is 7.99. The number of fused-ring (bicyclic) bond motifs is 1. The standard InChI is InChI=1S/C16H25N3O3S/c1-12(2)19-23(21,22)11-10-17-16(20)18-15-9-5-7-13-6-3-4-8-14(13)15/h3-4,6,8,12,15,19H,5,7,9-11H2,1-2H3,(H2,17,18,20)/t15-/m0/s1. The van der Waals surface area contributed by atoms with E-state index in [4.69, 9.17) is 0 Å². The maximum Gasteiger partial charge on any atom is 0.315 e. The topological polar surface area (TPSA) is 87.3 Å². The lowest BCUT2D eigenvalue weighted by atomic mass is 9.88. The molecule has 0 saturated carbocycles. The maximum absolute atomic E-state index is 12.0. The third kappa shape index (κ3) is 5.51. The number of sulfonamides is 1. The molecular weight excluding hydrogens is 314 g/mol. The summed E-state index contributed by atoms with van der Waals surface area (Å²) in [6.07, 6.45) is 2.97. The third-order valence-corrected chi connectivity index (χ3v) is 5.32. The molecule has 6 nitrogen and oxygen atoms in total. The summed E-state index contributed by atoms with van der Waals surface area (Å²) in [7, 11) is -3.35. The first-order valence-corrected chi connectivity index (χ1v) is 9.65. The molecule has 0 heterocycles. The molecule has 7 heteroatoms. The van der Waals surface area contributed by atoms with Crippen molar-refractivity contribution in [2.45, 2.75) is 45.2 Å². The van der Waals surface area contributed by atoms with E-state index in [1.54, 1.807) is 13.8 Å². The molecule has 0 aliphatic heterocycles. The lowest BCUT2D eigenvalue weighted by Crippen LogP contribution is -2.42. The summed E-state index contributed by atoms with van der Waals surface area (Å²) < 4.78 is 25.9. The van der Waals surface area contributed by atoms with E-state index < -0.39 is 10.0 Å². The van der Waals surface area contributed by atoms with E-state index in [0.29, 0.717) is 0 Å². The van der Waals surface area contributed by atoms with Crippen molar-refractivity contribution in [3.63, 3.8) is 0 Å². The molecule has 0 bridgehead atoms. The van der Waals surface area contributed by atoms with Crippen molar-refractivity contribution in [1.29, 1.82) is 0 Å². The number of rotatable bonds is 6. The van der Waals surface area contributed by atoms with Crippen LogP contribution >= 0.6 is 0 Å². The minimum absolute atomic E-state index is 0.00894. The average Bonchev–Trinajstić information content (AvgIpc) is 2.46. The highest BCUT2D eigenvalue weighted by atomic mass is 32.2. The number of hydrogen-bond donors (Lipinski definition) is 3. The van der Waals surface area contributed by atoms with Gasteiger partial charge in [-0.15, -0.1) is 0 Å². The summed E-state index contributed by atoms with van der Waals surface area (Å²) in [4.78, 5) is 12.0. The van der Waals surface area contributed by atoms with E-state index in [-0.39, 0.29) is 30.4 Å². The number of carbonyl (C=O) groups excluding carboxylic acids is 1. The zero-order valence-electron chi connectivity index (χ0n) is 13.6. The summed E-state index contributed by atoms with van der Waals surface area (Å²) in [5, 5.41) is 5.56. The molecule has 23 heavy (non-hydrogen) atoms. The van der Waals surface area contributed by atoms with Gasteiger partial charge in [0.25, 0.3) is 0 Å². The quantitative estimate of drug-likeness (QED) is 0.737. The first-order chi connectivity index (χ1) is 10.9. The van der Waals surface area contributed by atoms with Gasteiger partial charge in [0.15, 0.2) is 0 Å². The van der Waals surface area contributed by atoms with Crippen LogP contribution in [0.25, 0.3) is 0 Å². The van der Waals surface area contributed by atoms with Gasteiger partial charge < -0.3 is 10.6 Å². The Morgan fingerprint density at radius 2 is 2.04 bits per heavy atom. The zero-order valence-corrected chi connectivity index (χ0v) is 14.4. The number of amides is 2. The number of hydrogen-bond acceptors (Lipinski definition) is 3. The van der Waals surface area contributed by atoms with Gasteiger partial charge in [-0.3, -0.25) is 0 Å². The fraction of sp³-hybridized carbons (Fsp3) is 0.562. The molecule has 1 atom stereocenters. The maximum atomic E-state index is 12.0. The fourth-order valence-corrected chi connectivity index (χ4v) is 4.04. The van der Waals surface area contributed by atoms with Crippen molar-refractivity contribution in [2.24, 2.45) is 0 Å². The van der Waals surface area contributed by atoms with Gasteiger partial charge in [0.2, 0.25) is 10.0 Å². The molecule has 0 fully saturated rings. The molecule has 0 spiro atoms. The number of urea groups is 1. The second-order valence-electron chi connectivity index (χ2n) is 6.14. The van der Waals surface area contributed by atoms with Crippen molar-refractivity contribution in [2.75, 3.05) is 12.3 Å². The van der Waals surface area contributed by atoms with Gasteiger partial charge >= 0.3 is 6.03 Å². The lowest BCUT2D eigenvalue weighted by molar-refractivity contribution is 0.236. The van der Waals surface area contributed by atoms with Gasteiger partial charge in [0.05, 0.1) is 11.8 Å². The number of nitrogens with one attached hydrogen (secondary N) is 3. The Labute approximate surface area is 138 Å². The predicted octanol–water partition coefficient (Wildman–Crippen LogP) is 1.69. The average molecular weight is 339 g/mol. The van der Waals surface area contributed by atoms with Crippen molar-refractivity contribution >= 4 is 16.1 Å². The van der Waals surface area contributed by atoms with Crippen LogP contribution in [0.15, 0.2) is 24.3 Å². The van der Waals surface area contributed by atoms with Crippen molar-refractivity contribution in [3.05, 3.63) is 35.4 Å². The second-order valence-corrected chi connectivity index (χ2v) is 8.01. The smallest absolute Gasteiger partial charge is 0.315 e. The van der Waals surface area contributed by atoms with Crippen LogP contribution in [-0.2, 0) is 16.4 Å². The monoisotopic (exact) mass is 339 g/mol. The van der Waals surface area contributed by atoms with E-state index in [1.165, 1.54) is 5.56 Å². The van der Waals surface area contributed by atoms with E-state index >= 15 is 0 Å². The number of benzene rings is 1. The highest BCUT2D eigenvalue weighted by Gasteiger charge is 2.21. The summed E-state index contributed by atoms with van der Waals surface area (Å²) >= 11 is 0. The van der Waals surface area contributed by atoms with Crippen LogP contribution in [0.3, 0.4) is 0 Å². The van der Waals surface area contributed by atoms with Crippen molar-refractivity contribution < 1.29 is 13.2 Å². The first kappa shape index (κ1) is 17.7. The molecule has 0 aromatic heterocycles. The minimum Gasteiger partial charge on any atom is -0.337 e. The molecule has 1 aliphatic rings. The Hall–Kier alpha value is -1.60. The normalized spacial score (nSPS) is 17.6. The predicted molar refractivity (Wildman–Crippen MR) is 90.7 cm³/mol. The van der Waals surface area contributed by atoms with Crippen LogP contribution in [-0.4, -0.2) is 32.8 Å². The number of aryl methyl sites for hydroxylation is 1. The molecule has 1 aliphatic carbocycles. The Morgan fingerprint density at radius 1 is 1.30 bits per heavy atom.